The Balaban J connectivity index is 1.50. The first-order chi connectivity index (χ1) is 13.6. The van der Waals surface area contributed by atoms with Gasteiger partial charge in [-0.05, 0) is 30.8 Å². The Hall–Kier alpha value is -1.13. The van der Waals surface area contributed by atoms with Crippen molar-refractivity contribution in [3.05, 3.63) is 33.2 Å². The molecule has 0 spiro atoms. The Labute approximate surface area is 183 Å². The fraction of sp³-hybridized carbons (Fsp3) is 0.500. The van der Waals surface area contributed by atoms with E-state index in [2.05, 4.69) is 26.3 Å². The molecule has 0 radical (unpaired) electrons. The molecule has 0 atom stereocenters. The van der Waals surface area contributed by atoms with Crippen molar-refractivity contribution >= 4 is 58.5 Å². The molecule has 1 aromatic heterocycles. The summed E-state index contributed by atoms with van der Waals surface area (Å²) < 4.78 is 3.44. The van der Waals surface area contributed by atoms with Crippen LogP contribution >= 0.6 is 46.9 Å². The maximum Gasteiger partial charge on any atom is 0.230 e. The Kier molecular flexibility index (Phi) is 8.16. The summed E-state index contributed by atoms with van der Waals surface area (Å²) in [5, 5.41) is 8.25. The molecule has 3 rings (SSSR count). The molecule has 0 aliphatic carbocycles. The molecule has 1 amide bonds. The minimum absolute atomic E-state index is 0.0372. The van der Waals surface area contributed by atoms with Gasteiger partial charge in [0.05, 0.1) is 23.1 Å². The summed E-state index contributed by atoms with van der Waals surface area (Å²) in [4.78, 5) is 16.4. The van der Waals surface area contributed by atoms with Gasteiger partial charge in [0.2, 0.25) is 5.91 Å². The quantitative estimate of drug-likeness (QED) is 0.481. The highest BCUT2D eigenvalue weighted by atomic mass is 35.5. The average Bonchev–Trinajstić information content (AvgIpc) is 3.05. The minimum atomic E-state index is 0.0372. The van der Waals surface area contributed by atoms with E-state index >= 15 is 0 Å². The predicted molar refractivity (Wildman–Crippen MR) is 120 cm³/mol. The van der Waals surface area contributed by atoms with E-state index in [1.54, 1.807) is 0 Å². The van der Waals surface area contributed by atoms with Crippen molar-refractivity contribution in [2.45, 2.75) is 24.4 Å². The zero-order valence-corrected chi connectivity index (χ0v) is 19.0. The largest absolute Gasteiger partial charge is 0.368 e. The van der Waals surface area contributed by atoms with Crippen LogP contribution in [0.4, 0.5) is 5.69 Å². The first kappa shape index (κ1) is 21.6. The van der Waals surface area contributed by atoms with Crippen molar-refractivity contribution in [2.24, 2.45) is 0 Å². The second kappa shape index (κ2) is 10.6. The molecule has 1 N–H and O–H groups in total. The molecule has 1 aliphatic heterocycles. The van der Waals surface area contributed by atoms with E-state index in [0.29, 0.717) is 19.0 Å². The highest BCUT2D eigenvalue weighted by Gasteiger charge is 2.19. The summed E-state index contributed by atoms with van der Waals surface area (Å²) in [5.74, 6) is 0.411. The van der Waals surface area contributed by atoms with Crippen molar-refractivity contribution in [2.75, 3.05) is 43.4 Å². The molecular weight excluding hydrogens is 434 g/mol. The van der Waals surface area contributed by atoms with Gasteiger partial charge in [0, 0.05) is 32.7 Å². The molecule has 1 aliphatic rings. The Morgan fingerprint density at radius 2 is 2.07 bits per heavy atom. The normalized spacial score (nSPS) is 15.0. The number of carbonyl (C=O) groups excluding carboxylic acids is 1. The number of benzene rings is 1. The van der Waals surface area contributed by atoms with E-state index in [9.17, 15) is 4.79 Å². The average molecular weight is 458 g/mol. The lowest BCUT2D eigenvalue weighted by Crippen LogP contribution is -2.47. The molecule has 2 heterocycles. The first-order valence-corrected chi connectivity index (χ1v) is 11.8. The Bertz CT molecular complexity index is 848. The van der Waals surface area contributed by atoms with E-state index in [4.69, 9.17) is 23.8 Å². The lowest BCUT2D eigenvalue weighted by molar-refractivity contribution is -0.118. The number of nitrogens with zero attached hydrogens (tertiary/aromatic N) is 4. The summed E-state index contributed by atoms with van der Waals surface area (Å²) in [7, 11) is 0. The topological polar surface area (TPSA) is 53.4 Å². The van der Waals surface area contributed by atoms with Gasteiger partial charge >= 0.3 is 0 Å². The van der Waals surface area contributed by atoms with Gasteiger partial charge in [0.1, 0.15) is 0 Å². The monoisotopic (exact) mass is 457 g/mol. The summed E-state index contributed by atoms with van der Waals surface area (Å²) in [6.07, 6.45) is 0.938. The minimum Gasteiger partial charge on any atom is -0.368 e. The number of carbonyl (C=O) groups is 1. The highest BCUT2D eigenvalue weighted by molar-refractivity contribution is 8.01. The van der Waals surface area contributed by atoms with Crippen molar-refractivity contribution in [1.29, 1.82) is 0 Å². The molecule has 0 unspecified atom stereocenters. The van der Waals surface area contributed by atoms with Crippen LogP contribution in [0.3, 0.4) is 0 Å². The summed E-state index contributed by atoms with van der Waals surface area (Å²) in [5.41, 5.74) is 1.09. The van der Waals surface area contributed by atoms with Gasteiger partial charge < -0.3 is 10.2 Å². The SMILES string of the molecule is CCCNC(=O)CSc1nn(CN2CCN(c3ccccc3Cl)CC2)c(=S)s1. The molecule has 1 fully saturated rings. The van der Waals surface area contributed by atoms with Crippen molar-refractivity contribution in [3.63, 3.8) is 0 Å². The number of nitrogens with one attached hydrogen (secondary N) is 1. The van der Waals surface area contributed by atoms with Crippen LogP contribution in [0.25, 0.3) is 0 Å². The van der Waals surface area contributed by atoms with Gasteiger partial charge in [0.15, 0.2) is 8.29 Å². The van der Waals surface area contributed by atoms with Gasteiger partial charge in [-0.2, -0.15) is 5.10 Å². The number of anilines is 1. The van der Waals surface area contributed by atoms with Crippen LogP contribution in [0.2, 0.25) is 5.02 Å². The van der Waals surface area contributed by atoms with E-state index in [1.165, 1.54) is 23.1 Å². The number of thioether (sulfide) groups is 1. The third-order valence-corrected chi connectivity index (χ3v) is 7.15. The number of aromatic nitrogens is 2. The molecule has 1 saturated heterocycles. The number of hydrogen-bond acceptors (Lipinski definition) is 7. The fourth-order valence-corrected chi connectivity index (χ4v) is 5.31. The van der Waals surface area contributed by atoms with Crippen molar-refractivity contribution < 1.29 is 4.79 Å². The summed E-state index contributed by atoms with van der Waals surface area (Å²) in [6, 6.07) is 7.97. The molecule has 2 aromatic rings. The van der Waals surface area contributed by atoms with E-state index in [1.807, 2.05) is 29.8 Å². The number of halogens is 1. The first-order valence-electron chi connectivity index (χ1n) is 9.26. The lowest BCUT2D eigenvalue weighted by Gasteiger charge is -2.36. The third kappa shape index (κ3) is 5.93. The zero-order chi connectivity index (χ0) is 19.9. The zero-order valence-electron chi connectivity index (χ0n) is 15.8. The number of rotatable bonds is 8. The van der Waals surface area contributed by atoms with Gasteiger partial charge in [0.25, 0.3) is 0 Å². The second-order valence-electron chi connectivity index (χ2n) is 6.47. The van der Waals surface area contributed by atoms with Gasteiger partial charge in [-0.15, -0.1) is 0 Å². The second-order valence-corrected chi connectivity index (χ2v) is 9.72. The number of piperazine rings is 1. The van der Waals surface area contributed by atoms with Gasteiger partial charge in [-0.25, -0.2) is 4.68 Å². The van der Waals surface area contributed by atoms with Crippen LogP contribution in [0.5, 0.6) is 0 Å². The number of para-hydroxylation sites is 1. The molecule has 6 nitrogen and oxygen atoms in total. The predicted octanol–water partition coefficient (Wildman–Crippen LogP) is 3.73. The lowest BCUT2D eigenvalue weighted by atomic mass is 10.2. The van der Waals surface area contributed by atoms with Crippen LogP contribution < -0.4 is 10.2 Å². The molecule has 28 heavy (non-hydrogen) atoms. The van der Waals surface area contributed by atoms with Crippen molar-refractivity contribution in [1.82, 2.24) is 20.0 Å². The maximum absolute atomic E-state index is 11.7. The highest BCUT2D eigenvalue weighted by Crippen LogP contribution is 2.26. The molecule has 0 bridgehead atoms. The van der Waals surface area contributed by atoms with Crippen LogP contribution in [-0.2, 0) is 11.5 Å². The number of amides is 1. The molecule has 152 valence electrons. The fourth-order valence-electron chi connectivity index (χ4n) is 2.91. The van der Waals surface area contributed by atoms with E-state index in [0.717, 1.165) is 51.6 Å². The summed E-state index contributed by atoms with van der Waals surface area (Å²) >= 11 is 14.7. The third-order valence-electron chi connectivity index (χ3n) is 4.39. The smallest absolute Gasteiger partial charge is 0.230 e. The van der Waals surface area contributed by atoms with Crippen LogP contribution in [-0.4, -0.2) is 59.1 Å². The Morgan fingerprint density at radius 1 is 1.32 bits per heavy atom. The van der Waals surface area contributed by atoms with Crippen LogP contribution in [0.15, 0.2) is 28.6 Å². The molecule has 10 heteroatoms. The van der Waals surface area contributed by atoms with Gasteiger partial charge in [-0.1, -0.05) is 53.8 Å². The van der Waals surface area contributed by atoms with E-state index in [-0.39, 0.29) is 5.91 Å². The van der Waals surface area contributed by atoms with Crippen molar-refractivity contribution in [3.8, 4) is 0 Å². The number of hydrogen-bond donors (Lipinski definition) is 1. The van der Waals surface area contributed by atoms with Gasteiger partial charge in [-0.3, -0.25) is 9.69 Å². The standard InChI is InChI=1S/C18H24ClN5OS3/c1-2-7-20-16(25)12-27-17-21-24(18(26)28-17)13-22-8-10-23(11-9-22)15-6-4-3-5-14(15)19/h3-6H,2,7-13H2,1H3,(H,20,25). The van der Waals surface area contributed by atoms with E-state index < -0.39 is 0 Å². The van der Waals surface area contributed by atoms with Crippen LogP contribution in [0, 0.1) is 3.95 Å². The molecule has 1 aromatic carbocycles. The summed E-state index contributed by atoms with van der Waals surface area (Å²) in [6.45, 7) is 7.10. The Morgan fingerprint density at radius 3 is 2.79 bits per heavy atom. The molecule has 0 saturated carbocycles. The molecular formula is C18H24ClN5OS3. The van der Waals surface area contributed by atoms with Crippen LogP contribution in [0.1, 0.15) is 13.3 Å². The maximum atomic E-state index is 11.7.